The number of carbonyl (C=O) groups excluding carboxylic acids is 2. The zero-order valence-corrected chi connectivity index (χ0v) is 30.0. The van der Waals surface area contributed by atoms with Crippen LogP contribution in [0.4, 0.5) is 17.6 Å². The molecule has 278 valence electrons. The molecule has 0 fully saturated rings. The lowest BCUT2D eigenvalue weighted by molar-refractivity contribution is -0.265. The fraction of sp³-hybridized carbons (Fsp3) is 0.457. The van der Waals surface area contributed by atoms with Gasteiger partial charge in [0.1, 0.15) is 31.3 Å². The van der Waals surface area contributed by atoms with E-state index in [1.807, 2.05) is 0 Å². The highest BCUT2D eigenvalue weighted by Gasteiger charge is 2.57. The summed E-state index contributed by atoms with van der Waals surface area (Å²) in [4.78, 5) is 29.0. The van der Waals surface area contributed by atoms with Crippen molar-refractivity contribution in [3.05, 3.63) is 71.2 Å². The molecule has 3 aromatic rings. The number of benzene rings is 2. The molecule has 51 heavy (non-hydrogen) atoms. The third-order valence-corrected chi connectivity index (χ3v) is 9.69. The number of pyridine rings is 1. The van der Waals surface area contributed by atoms with E-state index in [9.17, 15) is 36.5 Å². The number of nitrogens with one attached hydrogen (secondary N) is 2. The van der Waals surface area contributed by atoms with Crippen LogP contribution in [0, 0.1) is 11.7 Å². The minimum Gasteiger partial charge on any atom is -0.493 e. The number of rotatable bonds is 13. The maximum Gasteiger partial charge on any atom is 0.424 e. The van der Waals surface area contributed by atoms with Gasteiger partial charge in [-0.3, -0.25) is 9.59 Å². The van der Waals surface area contributed by atoms with Crippen molar-refractivity contribution in [3.8, 4) is 28.5 Å². The molecule has 3 unspecified atom stereocenters. The van der Waals surface area contributed by atoms with Crippen molar-refractivity contribution in [1.82, 2.24) is 15.0 Å². The molecule has 11 nitrogen and oxygen atoms in total. The van der Waals surface area contributed by atoms with E-state index < -0.39 is 63.0 Å². The van der Waals surface area contributed by atoms with Gasteiger partial charge in [0.15, 0.2) is 17.2 Å². The predicted molar refractivity (Wildman–Crippen MR) is 180 cm³/mol. The monoisotopic (exact) mass is 739 g/mol. The molecule has 0 saturated heterocycles. The molecule has 0 saturated carbocycles. The lowest BCUT2D eigenvalue weighted by Gasteiger charge is -2.32. The minimum absolute atomic E-state index is 0.0294. The van der Waals surface area contributed by atoms with E-state index in [0.29, 0.717) is 0 Å². The van der Waals surface area contributed by atoms with E-state index in [2.05, 4.69) is 15.0 Å². The van der Waals surface area contributed by atoms with E-state index in [-0.39, 0.29) is 65.4 Å². The molecule has 1 aromatic heterocycles. The molecule has 1 aliphatic heterocycles. The molecule has 0 spiro atoms. The normalized spacial score (nSPS) is 17.6. The molecule has 0 bridgehead atoms. The van der Waals surface area contributed by atoms with Crippen LogP contribution in [0.3, 0.4) is 0 Å². The highest BCUT2D eigenvalue weighted by molar-refractivity contribution is 7.84. The van der Waals surface area contributed by atoms with Gasteiger partial charge in [0, 0.05) is 16.7 Å². The average molecular weight is 740 g/mol. The first kappa shape index (κ1) is 39.5. The number of aliphatic hydroxyl groups is 1. The predicted octanol–water partition coefficient (Wildman–Crippen LogP) is 5.31. The number of esters is 1. The molecule has 1 aliphatic rings. The number of carbonyl (C=O) groups is 2. The summed E-state index contributed by atoms with van der Waals surface area (Å²) in [5, 5.41) is 13.6. The standard InChI is InChI=1S/C35H41F4N3O8S/c1-20(2)31(44)49-15-14-48-25-13-10-22(16-26(25)47-7)30(43)40-18-34(45,35(37,38)39)27-17-24-29(28(41-27)21-8-11-23(36)12-9-21)50-19-33(24,6)42-51(46)32(3,4)5/h8-13,16-17,20,42,45H,14-15,18-19H2,1-7H3,(H,40,43). The summed E-state index contributed by atoms with van der Waals surface area (Å²) in [7, 11) is -0.397. The maximum atomic E-state index is 14.9. The second kappa shape index (κ2) is 15.1. The van der Waals surface area contributed by atoms with Crippen LogP contribution < -0.4 is 24.2 Å². The summed E-state index contributed by atoms with van der Waals surface area (Å²) in [6, 6.07) is 9.68. The summed E-state index contributed by atoms with van der Waals surface area (Å²) in [6.45, 7) is 8.52. The van der Waals surface area contributed by atoms with Gasteiger partial charge in [-0.15, -0.1) is 0 Å². The molecular weight excluding hydrogens is 698 g/mol. The number of methoxy groups -OCH3 is 1. The zero-order chi connectivity index (χ0) is 37.9. The Labute approximate surface area is 295 Å². The van der Waals surface area contributed by atoms with E-state index in [1.54, 1.807) is 41.5 Å². The molecule has 3 N–H and O–H groups in total. The Kier molecular flexibility index (Phi) is 11.7. The van der Waals surface area contributed by atoms with Crippen LogP contribution in [0.2, 0.25) is 0 Å². The quantitative estimate of drug-likeness (QED) is 0.121. The van der Waals surface area contributed by atoms with Gasteiger partial charge < -0.3 is 29.4 Å². The van der Waals surface area contributed by atoms with Gasteiger partial charge in [-0.25, -0.2) is 18.3 Å². The maximum absolute atomic E-state index is 14.9. The third-order valence-electron chi connectivity index (χ3n) is 7.94. The van der Waals surface area contributed by atoms with Gasteiger partial charge in [-0.1, -0.05) is 13.8 Å². The molecule has 0 radical (unpaired) electrons. The van der Waals surface area contributed by atoms with Gasteiger partial charge in [-0.05, 0) is 76.2 Å². The summed E-state index contributed by atoms with van der Waals surface area (Å²) < 4.78 is 95.7. The highest BCUT2D eigenvalue weighted by Crippen LogP contribution is 2.47. The smallest absolute Gasteiger partial charge is 0.424 e. The fourth-order valence-electron chi connectivity index (χ4n) is 4.88. The summed E-state index contributed by atoms with van der Waals surface area (Å²) >= 11 is 0. The number of aromatic nitrogens is 1. The Morgan fingerprint density at radius 3 is 2.31 bits per heavy atom. The first-order valence-corrected chi connectivity index (χ1v) is 17.0. The van der Waals surface area contributed by atoms with Crippen LogP contribution >= 0.6 is 0 Å². The second-order valence-electron chi connectivity index (χ2n) is 13.4. The van der Waals surface area contributed by atoms with Crippen molar-refractivity contribution >= 4 is 22.9 Å². The van der Waals surface area contributed by atoms with Gasteiger partial charge in [-0.2, -0.15) is 13.2 Å². The number of hydrogen-bond acceptors (Lipinski definition) is 9. The molecule has 1 amide bonds. The van der Waals surface area contributed by atoms with Crippen molar-refractivity contribution in [2.45, 2.75) is 63.6 Å². The lowest BCUT2D eigenvalue weighted by Crippen LogP contribution is -2.52. The van der Waals surface area contributed by atoms with Crippen LogP contribution in [0.1, 0.15) is 63.2 Å². The Bertz CT molecular complexity index is 1780. The number of hydrogen-bond donors (Lipinski definition) is 3. The number of fused-ring (bicyclic) bond motifs is 1. The van der Waals surface area contributed by atoms with E-state index in [1.165, 1.54) is 37.4 Å². The van der Waals surface area contributed by atoms with Crippen molar-refractivity contribution in [2.75, 3.05) is 33.5 Å². The largest absolute Gasteiger partial charge is 0.493 e. The Balaban J connectivity index is 1.67. The van der Waals surface area contributed by atoms with Crippen LogP contribution in [0.25, 0.3) is 11.3 Å². The third kappa shape index (κ3) is 8.79. The van der Waals surface area contributed by atoms with Crippen LogP contribution in [0.15, 0.2) is 48.5 Å². The number of nitrogens with zero attached hydrogens (tertiary/aromatic N) is 1. The molecule has 2 aromatic carbocycles. The molecule has 16 heteroatoms. The molecular formula is C35H41F4N3O8S. The second-order valence-corrected chi connectivity index (χ2v) is 15.4. The Morgan fingerprint density at radius 1 is 1.06 bits per heavy atom. The first-order chi connectivity index (χ1) is 23.7. The number of halogens is 4. The SMILES string of the molecule is COc1cc(C(=O)NCC(O)(c2cc3c(c(-c4ccc(F)cc4)n2)OCC3(C)NS(=O)C(C)(C)C)C(F)(F)F)ccc1OCCOC(=O)C(C)C. The minimum atomic E-state index is -5.37. The Morgan fingerprint density at radius 2 is 1.73 bits per heavy atom. The van der Waals surface area contributed by atoms with Crippen molar-refractivity contribution in [2.24, 2.45) is 5.92 Å². The topological polar surface area (TPSA) is 145 Å². The number of amides is 1. The number of alkyl halides is 3. The highest BCUT2D eigenvalue weighted by atomic mass is 32.2. The van der Waals surface area contributed by atoms with Crippen molar-refractivity contribution < 1.29 is 55.4 Å². The average Bonchev–Trinajstić information content (AvgIpc) is 3.39. The molecule has 0 aliphatic carbocycles. The van der Waals surface area contributed by atoms with Gasteiger partial charge in [0.05, 0.1) is 46.5 Å². The summed E-state index contributed by atoms with van der Waals surface area (Å²) in [6.07, 6.45) is -5.37. The van der Waals surface area contributed by atoms with Crippen LogP contribution in [0.5, 0.6) is 17.2 Å². The zero-order valence-electron chi connectivity index (χ0n) is 29.2. The summed E-state index contributed by atoms with van der Waals surface area (Å²) in [5.41, 5.74) is -5.84. The van der Waals surface area contributed by atoms with Crippen molar-refractivity contribution in [3.63, 3.8) is 0 Å². The molecule has 2 heterocycles. The van der Waals surface area contributed by atoms with Crippen molar-refractivity contribution in [1.29, 1.82) is 0 Å². The number of ether oxygens (including phenoxy) is 4. The first-order valence-electron chi connectivity index (χ1n) is 15.9. The van der Waals surface area contributed by atoms with Gasteiger partial charge >= 0.3 is 12.1 Å². The van der Waals surface area contributed by atoms with E-state index >= 15 is 0 Å². The van der Waals surface area contributed by atoms with E-state index in [0.717, 1.165) is 18.2 Å². The van der Waals surface area contributed by atoms with Crippen LogP contribution in [-0.2, 0) is 31.7 Å². The fourth-order valence-corrected chi connectivity index (χ4v) is 5.76. The van der Waals surface area contributed by atoms with E-state index in [4.69, 9.17) is 18.9 Å². The molecule has 4 rings (SSSR count). The van der Waals surface area contributed by atoms with Gasteiger partial charge in [0.2, 0.25) is 5.60 Å². The molecule has 3 atom stereocenters. The Hall–Kier alpha value is -4.28. The lowest BCUT2D eigenvalue weighted by atomic mass is 9.89. The van der Waals surface area contributed by atoms with Gasteiger partial charge in [0.25, 0.3) is 5.91 Å². The summed E-state index contributed by atoms with van der Waals surface area (Å²) in [5.74, 6) is -1.99. The van der Waals surface area contributed by atoms with Crippen LogP contribution in [-0.4, -0.2) is 70.6 Å².